The molecule has 0 fully saturated rings. The summed E-state index contributed by atoms with van der Waals surface area (Å²) >= 11 is 6.94. The maximum absolute atomic E-state index is 13.2. The van der Waals surface area contributed by atoms with Crippen LogP contribution in [-0.2, 0) is 10.0 Å². The number of rotatable bonds is 7. The van der Waals surface area contributed by atoms with Gasteiger partial charge in [0.2, 0.25) is 10.0 Å². The van der Waals surface area contributed by atoms with Crippen molar-refractivity contribution in [1.29, 1.82) is 0 Å². The van der Waals surface area contributed by atoms with Crippen molar-refractivity contribution in [3.05, 3.63) is 100 Å². The minimum atomic E-state index is -3.90. The molecular weight excluding hydrogens is 518 g/mol. The molecule has 0 radical (unpaired) electrons. The number of sulfonamides is 1. The van der Waals surface area contributed by atoms with E-state index in [9.17, 15) is 13.2 Å². The SMILES string of the molecule is Cc1ccc(S(=O)(=O)N[C@H](C(=O)c2ccccc2)[C@@H](Br)c2ccc(Br)cc2)cc1. The first-order valence-corrected chi connectivity index (χ1v) is 12.0. The van der Waals surface area contributed by atoms with Gasteiger partial charge in [0.1, 0.15) is 6.04 Å². The van der Waals surface area contributed by atoms with E-state index in [0.717, 1.165) is 15.6 Å². The van der Waals surface area contributed by atoms with E-state index in [1.54, 1.807) is 36.4 Å². The summed E-state index contributed by atoms with van der Waals surface area (Å²) in [4.78, 5) is 12.8. The van der Waals surface area contributed by atoms with Crippen molar-refractivity contribution in [2.24, 2.45) is 0 Å². The van der Waals surface area contributed by atoms with Gasteiger partial charge in [-0.2, -0.15) is 4.72 Å². The summed E-state index contributed by atoms with van der Waals surface area (Å²) in [6, 6.07) is 21.5. The van der Waals surface area contributed by atoms with Crippen LogP contribution in [-0.4, -0.2) is 20.2 Å². The lowest BCUT2D eigenvalue weighted by Gasteiger charge is -2.23. The van der Waals surface area contributed by atoms with Gasteiger partial charge < -0.3 is 0 Å². The predicted molar refractivity (Wildman–Crippen MR) is 122 cm³/mol. The van der Waals surface area contributed by atoms with Crippen molar-refractivity contribution in [3.8, 4) is 0 Å². The highest BCUT2D eigenvalue weighted by Crippen LogP contribution is 2.30. The van der Waals surface area contributed by atoms with Gasteiger partial charge in [0.05, 0.1) is 9.72 Å². The molecule has 3 aromatic rings. The Balaban J connectivity index is 1.99. The van der Waals surface area contributed by atoms with Crippen LogP contribution in [0.2, 0.25) is 0 Å². The monoisotopic (exact) mass is 535 g/mol. The van der Waals surface area contributed by atoms with Crippen LogP contribution in [0.15, 0.2) is 88.2 Å². The Labute approximate surface area is 187 Å². The highest BCUT2D eigenvalue weighted by atomic mass is 79.9. The van der Waals surface area contributed by atoms with Crippen LogP contribution in [0.25, 0.3) is 0 Å². The van der Waals surface area contributed by atoms with Gasteiger partial charge in [0, 0.05) is 10.0 Å². The summed E-state index contributed by atoms with van der Waals surface area (Å²) in [6.07, 6.45) is 0. The maximum atomic E-state index is 13.2. The molecule has 0 unspecified atom stereocenters. The molecule has 1 N–H and O–H groups in total. The minimum absolute atomic E-state index is 0.115. The standard InChI is InChI=1S/C22H19Br2NO3S/c1-15-7-13-19(14-8-15)29(27,28)25-21(22(26)17-5-3-2-4-6-17)20(24)16-9-11-18(23)12-10-16/h2-14,20-21,25H,1H3/t20-,21-/m0/s1. The van der Waals surface area contributed by atoms with E-state index in [0.29, 0.717) is 5.56 Å². The summed E-state index contributed by atoms with van der Waals surface area (Å²) in [5.41, 5.74) is 2.17. The molecule has 0 aromatic heterocycles. The van der Waals surface area contributed by atoms with Crippen LogP contribution in [0, 0.1) is 6.92 Å². The molecule has 4 nitrogen and oxygen atoms in total. The second-order valence-corrected chi connectivity index (χ2v) is 10.2. The number of halogens is 2. The topological polar surface area (TPSA) is 63.2 Å². The first-order valence-electron chi connectivity index (χ1n) is 8.86. The fraction of sp³-hybridized carbons (Fsp3) is 0.136. The largest absolute Gasteiger partial charge is 0.292 e. The first kappa shape index (κ1) is 21.9. The van der Waals surface area contributed by atoms with Gasteiger partial charge in [-0.15, -0.1) is 0 Å². The fourth-order valence-electron chi connectivity index (χ4n) is 2.82. The molecule has 0 amide bonds. The smallest absolute Gasteiger partial charge is 0.241 e. The van der Waals surface area contributed by atoms with Crippen LogP contribution >= 0.6 is 31.9 Å². The Hall–Kier alpha value is -1.80. The normalized spacial score (nSPS) is 13.6. The molecule has 0 heterocycles. The summed E-state index contributed by atoms with van der Waals surface area (Å²) < 4.78 is 29.5. The second-order valence-electron chi connectivity index (χ2n) is 6.60. The molecule has 2 atom stereocenters. The highest BCUT2D eigenvalue weighted by molar-refractivity contribution is 9.10. The molecule has 0 spiro atoms. The van der Waals surface area contributed by atoms with Gasteiger partial charge in [0.25, 0.3) is 0 Å². The number of carbonyl (C=O) groups is 1. The Morgan fingerprint density at radius 1 is 0.897 bits per heavy atom. The first-order chi connectivity index (χ1) is 13.8. The molecule has 0 aliphatic rings. The molecule has 7 heteroatoms. The van der Waals surface area contributed by atoms with E-state index in [4.69, 9.17) is 0 Å². The number of hydrogen-bond donors (Lipinski definition) is 1. The van der Waals surface area contributed by atoms with Gasteiger partial charge in [-0.05, 0) is 36.8 Å². The maximum Gasteiger partial charge on any atom is 0.241 e. The zero-order valence-electron chi connectivity index (χ0n) is 15.5. The zero-order chi connectivity index (χ0) is 21.0. The number of aryl methyl sites for hydroxylation is 1. The quantitative estimate of drug-likeness (QED) is 0.324. The van der Waals surface area contributed by atoms with Crippen molar-refractivity contribution in [3.63, 3.8) is 0 Å². The number of hydrogen-bond acceptors (Lipinski definition) is 3. The number of carbonyl (C=O) groups excluding carboxylic acids is 1. The molecule has 0 aliphatic heterocycles. The summed E-state index contributed by atoms with van der Waals surface area (Å²) in [6.45, 7) is 1.88. The third-order valence-electron chi connectivity index (χ3n) is 4.44. The third-order valence-corrected chi connectivity index (χ3v) is 7.48. The van der Waals surface area contributed by atoms with E-state index < -0.39 is 20.9 Å². The van der Waals surface area contributed by atoms with Crippen molar-refractivity contribution >= 4 is 47.7 Å². The molecule has 150 valence electrons. The van der Waals surface area contributed by atoms with Gasteiger partial charge in [-0.1, -0.05) is 92.0 Å². The van der Waals surface area contributed by atoms with Gasteiger partial charge in [0.15, 0.2) is 5.78 Å². The van der Waals surface area contributed by atoms with Crippen LogP contribution < -0.4 is 4.72 Å². The molecular formula is C22H19Br2NO3S. The lowest BCUT2D eigenvalue weighted by molar-refractivity contribution is 0.0952. The number of ketones is 1. The van der Waals surface area contributed by atoms with Crippen molar-refractivity contribution in [2.75, 3.05) is 0 Å². The Morgan fingerprint density at radius 3 is 2.07 bits per heavy atom. The Morgan fingerprint density at radius 2 is 1.48 bits per heavy atom. The number of alkyl halides is 1. The summed E-state index contributed by atoms with van der Waals surface area (Å²) in [5.74, 6) is -0.314. The van der Waals surface area contributed by atoms with E-state index in [2.05, 4.69) is 36.6 Å². The number of nitrogens with one attached hydrogen (secondary N) is 1. The molecule has 0 aliphatic carbocycles. The average Bonchev–Trinajstić information content (AvgIpc) is 2.72. The van der Waals surface area contributed by atoms with E-state index in [1.165, 1.54) is 12.1 Å². The van der Waals surface area contributed by atoms with E-state index in [-0.39, 0.29) is 10.7 Å². The molecule has 29 heavy (non-hydrogen) atoms. The van der Waals surface area contributed by atoms with Crippen molar-refractivity contribution < 1.29 is 13.2 Å². The fourth-order valence-corrected chi connectivity index (χ4v) is 5.14. The van der Waals surface area contributed by atoms with E-state index >= 15 is 0 Å². The summed E-state index contributed by atoms with van der Waals surface area (Å²) in [7, 11) is -3.90. The van der Waals surface area contributed by atoms with Crippen molar-refractivity contribution in [2.45, 2.75) is 22.7 Å². The molecule has 0 saturated heterocycles. The van der Waals surface area contributed by atoms with Crippen LogP contribution in [0.5, 0.6) is 0 Å². The molecule has 3 rings (SSSR count). The molecule has 3 aromatic carbocycles. The number of Topliss-reactive ketones (excluding diaryl/α,β-unsaturated/α-hetero) is 1. The van der Waals surface area contributed by atoms with Crippen LogP contribution in [0.1, 0.15) is 26.3 Å². The minimum Gasteiger partial charge on any atom is -0.292 e. The Bertz CT molecular complexity index is 1080. The second kappa shape index (κ2) is 9.34. The van der Waals surface area contributed by atoms with Gasteiger partial charge in [-0.3, -0.25) is 4.79 Å². The highest BCUT2D eigenvalue weighted by Gasteiger charge is 2.33. The van der Waals surface area contributed by atoms with Crippen LogP contribution in [0.4, 0.5) is 0 Å². The lowest BCUT2D eigenvalue weighted by Crippen LogP contribution is -2.43. The van der Waals surface area contributed by atoms with E-state index in [1.807, 2.05) is 37.3 Å². The molecule has 0 saturated carbocycles. The van der Waals surface area contributed by atoms with Crippen LogP contribution in [0.3, 0.4) is 0 Å². The third kappa shape index (κ3) is 5.42. The predicted octanol–water partition coefficient (Wildman–Crippen LogP) is 5.42. The lowest BCUT2D eigenvalue weighted by atomic mass is 9.98. The Kier molecular flexibility index (Phi) is 7.05. The molecule has 0 bridgehead atoms. The van der Waals surface area contributed by atoms with Gasteiger partial charge in [-0.25, -0.2) is 8.42 Å². The number of benzene rings is 3. The zero-order valence-corrected chi connectivity index (χ0v) is 19.5. The van der Waals surface area contributed by atoms with Gasteiger partial charge >= 0.3 is 0 Å². The summed E-state index contributed by atoms with van der Waals surface area (Å²) in [5, 5.41) is 0. The average molecular weight is 537 g/mol. The van der Waals surface area contributed by atoms with Crippen molar-refractivity contribution in [1.82, 2.24) is 4.72 Å².